The van der Waals surface area contributed by atoms with Crippen molar-refractivity contribution in [2.24, 2.45) is 0 Å². The normalized spacial score (nSPS) is 10.1. The van der Waals surface area contributed by atoms with E-state index in [2.05, 4.69) is 0 Å². The molecular formula is C10H13FN2OS. The number of benzene rings is 1. The zero-order valence-electron chi connectivity index (χ0n) is 8.66. The molecule has 1 aromatic carbocycles. The number of amides is 1. The molecule has 0 bridgehead atoms. The Bertz CT molecular complexity index is 368. The summed E-state index contributed by atoms with van der Waals surface area (Å²) in [5, 5.41) is 0. The Labute approximate surface area is 92.4 Å². The second-order valence-corrected chi connectivity index (χ2v) is 4.28. The van der Waals surface area contributed by atoms with Gasteiger partial charge < -0.3 is 10.6 Å². The average molecular weight is 228 g/mol. The van der Waals surface area contributed by atoms with Gasteiger partial charge in [-0.05, 0) is 18.2 Å². The number of nitrogens with two attached hydrogens (primary N) is 1. The summed E-state index contributed by atoms with van der Waals surface area (Å²) in [5.74, 6) is -0.0532. The second-order valence-electron chi connectivity index (χ2n) is 3.26. The van der Waals surface area contributed by atoms with Gasteiger partial charge in [0.05, 0.1) is 5.75 Å². The maximum Gasteiger partial charge on any atom is 0.232 e. The van der Waals surface area contributed by atoms with Crippen LogP contribution in [-0.2, 0) is 4.79 Å². The molecule has 0 atom stereocenters. The largest absolute Gasteiger partial charge is 0.398 e. The highest BCUT2D eigenvalue weighted by atomic mass is 32.2. The minimum atomic E-state index is -0.365. The van der Waals surface area contributed by atoms with Crippen molar-refractivity contribution in [3.8, 4) is 0 Å². The maximum absolute atomic E-state index is 12.7. The van der Waals surface area contributed by atoms with Crippen molar-refractivity contribution in [1.82, 2.24) is 4.90 Å². The smallest absolute Gasteiger partial charge is 0.232 e. The lowest BCUT2D eigenvalue weighted by Crippen LogP contribution is -2.23. The Morgan fingerprint density at radius 1 is 1.53 bits per heavy atom. The van der Waals surface area contributed by atoms with Gasteiger partial charge in [0, 0.05) is 24.7 Å². The Kier molecular flexibility index (Phi) is 3.96. The van der Waals surface area contributed by atoms with Crippen molar-refractivity contribution in [3.05, 3.63) is 24.0 Å². The van der Waals surface area contributed by atoms with Crippen LogP contribution in [0.3, 0.4) is 0 Å². The molecule has 2 N–H and O–H groups in total. The second kappa shape index (κ2) is 5.02. The molecule has 0 aromatic heterocycles. The third-order valence-corrected chi connectivity index (χ3v) is 2.90. The van der Waals surface area contributed by atoms with E-state index >= 15 is 0 Å². The van der Waals surface area contributed by atoms with Crippen LogP contribution in [0.5, 0.6) is 0 Å². The van der Waals surface area contributed by atoms with Gasteiger partial charge in [0.15, 0.2) is 0 Å². The van der Waals surface area contributed by atoms with Gasteiger partial charge in [-0.2, -0.15) is 0 Å². The van der Waals surface area contributed by atoms with Gasteiger partial charge in [0.1, 0.15) is 5.82 Å². The zero-order valence-corrected chi connectivity index (χ0v) is 9.47. The molecule has 1 rings (SSSR count). The summed E-state index contributed by atoms with van der Waals surface area (Å²) in [4.78, 5) is 13.5. The summed E-state index contributed by atoms with van der Waals surface area (Å²) >= 11 is 1.31. The highest BCUT2D eigenvalue weighted by Crippen LogP contribution is 2.25. The monoisotopic (exact) mass is 228 g/mol. The van der Waals surface area contributed by atoms with Crippen molar-refractivity contribution in [3.63, 3.8) is 0 Å². The van der Waals surface area contributed by atoms with E-state index in [1.165, 1.54) is 28.8 Å². The summed E-state index contributed by atoms with van der Waals surface area (Å²) in [7, 11) is 3.38. The van der Waals surface area contributed by atoms with Gasteiger partial charge in [-0.3, -0.25) is 4.79 Å². The van der Waals surface area contributed by atoms with E-state index in [0.29, 0.717) is 11.4 Å². The molecule has 3 nitrogen and oxygen atoms in total. The Morgan fingerprint density at radius 3 is 2.73 bits per heavy atom. The van der Waals surface area contributed by atoms with Crippen molar-refractivity contribution < 1.29 is 9.18 Å². The maximum atomic E-state index is 12.7. The number of thioether (sulfide) groups is 1. The topological polar surface area (TPSA) is 46.3 Å². The standard InChI is InChI=1S/C10H13FN2OS/c1-13(2)10(14)6-15-9-4-3-7(11)5-8(9)12/h3-5H,6,12H2,1-2H3. The molecule has 1 aromatic rings. The minimum absolute atomic E-state index is 0.00345. The van der Waals surface area contributed by atoms with Crippen LogP contribution in [-0.4, -0.2) is 30.7 Å². The molecule has 82 valence electrons. The van der Waals surface area contributed by atoms with Gasteiger partial charge in [-0.15, -0.1) is 11.8 Å². The summed E-state index contributed by atoms with van der Waals surface area (Å²) < 4.78 is 12.7. The van der Waals surface area contributed by atoms with E-state index in [4.69, 9.17) is 5.73 Å². The van der Waals surface area contributed by atoms with Crippen LogP contribution in [0.4, 0.5) is 10.1 Å². The first kappa shape index (κ1) is 11.8. The summed E-state index contributed by atoms with van der Waals surface area (Å²) in [6, 6.07) is 4.17. The lowest BCUT2D eigenvalue weighted by atomic mass is 10.3. The molecule has 0 fully saturated rings. The van der Waals surface area contributed by atoms with E-state index in [1.54, 1.807) is 20.2 Å². The molecule has 0 radical (unpaired) electrons. The van der Waals surface area contributed by atoms with E-state index in [1.807, 2.05) is 0 Å². The Hall–Kier alpha value is -1.23. The predicted octanol–water partition coefficient (Wildman–Crippen LogP) is 1.59. The van der Waals surface area contributed by atoms with Crippen molar-refractivity contribution in [1.29, 1.82) is 0 Å². The molecule has 0 spiro atoms. The summed E-state index contributed by atoms with van der Waals surface area (Å²) in [6.07, 6.45) is 0. The fourth-order valence-corrected chi connectivity index (χ4v) is 1.85. The average Bonchev–Trinajstić information content (AvgIpc) is 2.15. The first-order chi connectivity index (χ1) is 7.00. The lowest BCUT2D eigenvalue weighted by molar-refractivity contribution is -0.125. The predicted molar refractivity (Wildman–Crippen MR) is 60.2 cm³/mol. The lowest BCUT2D eigenvalue weighted by Gasteiger charge is -2.10. The number of carbonyl (C=O) groups is 1. The fourth-order valence-electron chi connectivity index (χ4n) is 0.919. The number of carbonyl (C=O) groups excluding carboxylic acids is 1. The molecule has 15 heavy (non-hydrogen) atoms. The van der Waals surface area contributed by atoms with Crippen LogP contribution in [0.25, 0.3) is 0 Å². The molecular weight excluding hydrogens is 215 g/mol. The van der Waals surface area contributed by atoms with Gasteiger partial charge >= 0.3 is 0 Å². The molecule has 0 heterocycles. The van der Waals surface area contributed by atoms with Crippen molar-refractivity contribution >= 4 is 23.4 Å². The number of hydrogen-bond donors (Lipinski definition) is 1. The third-order valence-electron chi connectivity index (χ3n) is 1.82. The molecule has 0 saturated heterocycles. The van der Waals surface area contributed by atoms with Gasteiger partial charge in [0.2, 0.25) is 5.91 Å². The van der Waals surface area contributed by atoms with E-state index in [-0.39, 0.29) is 11.7 Å². The van der Waals surface area contributed by atoms with Crippen molar-refractivity contribution in [2.45, 2.75) is 4.90 Å². The number of nitrogens with zero attached hydrogens (tertiary/aromatic N) is 1. The summed E-state index contributed by atoms with van der Waals surface area (Å²) in [5.41, 5.74) is 5.97. The number of rotatable bonds is 3. The summed E-state index contributed by atoms with van der Waals surface area (Å²) in [6.45, 7) is 0. The van der Waals surface area contributed by atoms with Crippen molar-refractivity contribution in [2.75, 3.05) is 25.6 Å². The molecule has 0 unspecified atom stereocenters. The van der Waals surface area contributed by atoms with E-state index in [0.717, 1.165) is 4.90 Å². The minimum Gasteiger partial charge on any atom is -0.398 e. The van der Waals surface area contributed by atoms with E-state index < -0.39 is 0 Å². The molecule has 1 amide bonds. The van der Waals surface area contributed by atoms with Crippen LogP contribution in [0.2, 0.25) is 0 Å². The van der Waals surface area contributed by atoms with Crippen LogP contribution in [0.1, 0.15) is 0 Å². The third kappa shape index (κ3) is 3.43. The van der Waals surface area contributed by atoms with E-state index in [9.17, 15) is 9.18 Å². The van der Waals surface area contributed by atoms with Gasteiger partial charge in [-0.1, -0.05) is 0 Å². The van der Waals surface area contributed by atoms with Crippen LogP contribution >= 0.6 is 11.8 Å². The fraction of sp³-hybridized carbons (Fsp3) is 0.300. The number of anilines is 1. The SMILES string of the molecule is CN(C)C(=O)CSc1ccc(F)cc1N. The number of hydrogen-bond acceptors (Lipinski definition) is 3. The van der Waals surface area contributed by atoms with Gasteiger partial charge in [-0.25, -0.2) is 4.39 Å². The Balaban J connectivity index is 2.62. The zero-order chi connectivity index (χ0) is 11.4. The highest BCUT2D eigenvalue weighted by Gasteiger charge is 2.07. The molecule has 0 saturated carbocycles. The number of nitrogen functional groups attached to an aromatic ring is 1. The van der Waals surface area contributed by atoms with Crippen LogP contribution in [0.15, 0.2) is 23.1 Å². The molecule has 0 aliphatic carbocycles. The van der Waals surface area contributed by atoms with Crippen LogP contribution < -0.4 is 5.73 Å². The molecule has 0 aliphatic heterocycles. The molecule has 0 aliphatic rings. The van der Waals surface area contributed by atoms with Gasteiger partial charge in [0.25, 0.3) is 0 Å². The molecule has 5 heteroatoms. The first-order valence-corrected chi connectivity index (χ1v) is 5.37. The quantitative estimate of drug-likeness (QED) is 0.631. The Morgan fingerprint density at radius 2 is 2.20 bits per heavy atom. The number of halogens is 1. The van der Waals surface area contributed by atoms with Crippen LogP contribution in [0, 0.1) is 5.82 Å². The first-order valence-electron chi connectivity index (χ1n) is 4.38. The highest BCUT2D eigenvalue weighted by molar-refractivity contribution is 8.00.